The molecule has 3 rings (SSSR count). The van der Waals surface area contributed by atoms with Crippen LogP contribution in [0.3, 0.4) is 0 Å². The highest BCUT2D eigenvalue weighted by molar-refractivity contribution is 7.10. The van der Waals surface area contributed by atoms with E-state index in [0.717, 1.165) is 29.3 Å². The zero-order valence-electron chi connectivity index (χ0n) is 11.7. The average Bonchev–Trinajstić information content (AvgIpc) is 3.10. The van der Waals surface area contributed by atoms with Crippen molar-refractivity contribution in [1.29, 1.82) is 0 Å². The summed E-state index contributed by atoms with van der Waals surface area (Å²) in [4.78, 5) is 1.36. The molecule has 3 heteroatoms. The van der Waals surface area contributed by atoms with Gasteiger partial charge in [0.1, 0.15) is 0 Å². The van der Waals surface area contributed by atoms with Crippen LogP contribution < -0.4 is 5.32 Å². The first-order valence-electron chi connectivity index (χ1n) is 7.74. The SMILES string of the molecule is CCCNC(CC1CC2CCC1C2)c1sccc1Cl. The van der Waals surface area contributed by atoms with Crippen molar-refractivity contribution in [2.45, 2.75) is 51.5 Å². The lowest BCUT2D eigenvalue weighted by Crippen LogP contribution is -2.25. The summed E-state index contributed by atoms with van der Waals surface area (Å²) in [5, 5.41) is 6.81. The Labute approximate surface area is 125 Å². The van der Waals surface area contributed by atoms with Crippen molar-refractivity contribution in [3.8, 4) is 0 Å². The van der Waals surface area contributed by atoms with E-state index in [4.69, 9.17) is 11.6 Å². The molecule has 2 aliphatic rings. The van der Waals surface area contributed by atoms with E-state index in [1.807, 2.05) is 17.4 Å². The summed E-state index contributed by atoms with van der Waals surface area (Å²) in [6.45, 7) is 3.33. The third-order valence-corrected chi connectivity index (χ3v) is 6.50. The highest BCUT2D eigenvalue weighted by Gasteiger charge is 2.40. The third-order valence-electron chi connectivity index (χ3n) is 5.02. The number of hydrogen-bond donors (Lipinski definition) is 1. The number of halogens is 1. The molecule has 1 N–H and O–H groups in total. The summed E-state index contributed by atoms with van der Waals surface area (Å²) in [6.07, 6.45) is 8.43. The predicted octanol–water partition coefficient (Wildman–Crippen LogP) is 5.27. The normalized spacial score (nSPS) is 30.9. The molecule has 1 aromatic heterocycles. The van der Waals surface area contributed by atoms with Gasteiger partial charge < -0.3 is 5.32 Å². The molecule has 0 amide bonds. The lowest BCUT2D eigenvalue weighted by molar-refractivity contribution is 0.280. The number of nitrogens with one attached hydrogen (secondary N) is 1. The Morgan fingerprint density at radius 2 is 2.32 bits per heavy atom. The van der Waals surface area contributed by atoms with E-state index >= 15 is 0 Å². The largest absolute Gasteiger partial charge is 0.309 e. The predicted molar refractivity (Wildman–Crippen MR) is 83.9 cm³/mol. The van der Waals surface area contributed by atoms with E-state index < -0.39 is 0 Å². The maximum Gasteiger partial charge on any atom is 0.0561 e. The van der Waals surface area contributed by atoms with E-state index in [0.29, 0.717) is 6.04 Å². The van der Waals surface area contributed by atoms with Crippen molar-refractivity contribution in [1.82, 2.24) is 5.32 Å². The Kier molecular flexibility index (Phi) is 4.51. The van der Waals surface area contributed by atoms with Crippen molar-refractivity contribution in [2.24, 2.45) is 17.8 Å². The molecule has 2 saturated carbocycles. The second-order valence-electron chi connectivity index (χ2n) is 6.31. The topological polar surface area (TPSA) is 12.0 Å². The molecule has 1 aromatic rings. The minimum atomic E-state index is 0.483. The van der Waals surface area contributed by atoms with Crippen LogP contribution in [0.4, 0.5) is 0 Å². The molecule has 1 nitrogen and oxygen atoms in total. The van der Waals surface area contributed by atoms with E-state index in [1.54, 1.807) is 0 Å². The van der Waals surface area contributed by atoms with Gasteiger partial charge in [0.2, 0.25) is 0 Å². The molecule has 1 heterocycles. The number of hydrogen-bond acceptors (Lipinski definition) is 2. The van der Waals surface area contributed by atoms with Gasteiger partial charge in [0.25, 0.3) is 0 Å². The Morgan fingerprint density at radius 1 is 1.42 bits per heavy atom. The smallest absolute Gasteiger partial charge is 0.0561 e. The van der Waals surface area contributed by atoms with Gasteiger partial charge in [-0.2, -0.15) is 0 Å². The van der Waals surface area contributed by atoms with Gasteiger partial charge in [-0.3, -0.25) is 0 Å². The van der Waals surface area contributed by atoms with Crippen LogP contribution in [0, 0.1) is 17.8 Å². The highest BCUT2D eigenvalue weighted by Crippen LogP contribution is 2.51. The summed E-state index contributed by atoms with van der Waals surface area (Å²) in [7, 11) is 0. The summed E-state index contributed by atoms with van der Waals surface area (Å²) in [5.41, 5.74) is 0. The minimum Gasteiger partial charge on any atom is -0.309 e. The van der Waals surface area contributed by atoms with Gasteiger partial charge in [0.05, 0.1) is 5.02 Å². The highest BCUT2D eigenvalue weighted by atomic mass is 35.5. The van der Waals surface area contributed by atoms with Crippen LogP contribution in [0.15, 0.2) is 11.4 Å². The summed E-state index contributed by atoms with van der Waals surface area (Å²) >= 11 is 8.17. The maximum atomic E-state index is 6.35. The van der Waals surface area contributed by atoms with Crippen LogP contribution in [-0.2, 0) is 0 Å². The maximum absolute atomic E-state index is 6.35. The molecule has 19 heavy (non-hydrogen) atoms. The van der Waals surface area contributed by atoms with Gasteiger partial charge in [0, 0.05) is 10.9 Å². The Bertz CT molecular complexity index is 417. The van der Waals surface area contributed by atoms with Crippen LogP contribution in [-0.4, -0.2) is 6.54 Å². The molecule has 2 fully saturated rings. The lowest BCUT2D eigenvalue weighted by atomic mass is 9.84. The Morgan fingerprint density at radius 3 is 2.89 bits per heavy atom. The third kappa shape index (κ3) is 3.01. The quantitative estimate of drug-likeness (QED) is 0.754. The number of thiophene rings is 1. The monoisotopic (exact) mass is 297 g/mol. The van der Waals surface area contributed by atoms with Crippen LogP contribution in [0.25, 0.3) is 0 Å². The number of fused-ring (bicyclic) bond motifs is 2. The molecular weight excluding hydrogens is 274 g/mol. The Balaban J connectivity index is 1.67. The fourth-order valence-corrected chi connectivity index (χ4v) is 5.40. The van der Waals surface area contributed by atoms with Gasteiger partial charge in [0.15, 0.2) is 0 Å². The van der Waals surface area contributed by atoms with E-state index in [1.165, 1.54) is 43.4 Å². The second-order valence-corrected chi connectivity index (χ2v) is 7.67. The van der Waals surface area contributed by atoms with E-state index in [9.17, 15) is 0 Å². The van der Waals surface area contributed by atoms with Gasteiger partial charge in [-0.1, -0.05) is 24.9 Å². The average molecular weight is 298 g/mol. The molecular formula is C16H24ClNS. The van der Waals surface area contributed by atoms with Crippen molar-refractivity contribution >= 4 is 22.9 Å². The molecule has 2 aliphatic carbocycles. The summed E-state index contributed by atoms with van der Waals surface area (Å²) < 4.78 is 0. The fourth-order valence-electron chi connectivity index (χ4n) is 4.12. The minimum absolute atomic E-state index is 0.483. The molecule has 0 spiro atoms. The first-order valence-corrected chi connectivity index (χ1v) is 9.00. The zero-order chi connectivity index (χ0) is 13.2. The second kappa shape index (κ2) is 6.15. The lowest BCUT2D eigenvalue weighted by Gasteiger charge is -2.27. The van der Waals surface area contributed by atoms with Crippen LogP contribution >= 0.6 is 22.9 Å². The van der Waals surface area contributed by atoms with Crippen molar-refractivity contribution in [2.75, 3.05) is 6.54 Å². The standard InChI is InChI=1S/C16H24ClNS/c1-2-6-18-15(16-14(17)5-7-19-16)10-13-9-11-3-4-12(13)8-11/h5,7,11-13,15,18H,2-4,6,8-10H2,1H3. The molecule has 106 valence electrons. The van der Waals surface area contributed by atoms with Crippen LogP contribution in [0.5, 0.6) is 0 Å². The zero-order valence-corrected chi connectivity index (χ0v) is 13.3. The first kappa shape index (κ1) is 13.9. The van der Waals surface area contributed by atoms with Gasteiger partial charge in [-0.15, -0.1) is 11.3 Å². The van der Waals surface area contributed by atoms with Crippen LogP contribution in [0.2, 0.25) is 5.02 Å². The Hall–Kier alpha value is -0.0500. The van der Waals surface area contributed by atoms with Crippen LogP contribution in [0.1, 0.15) is 56.4 Å². The van der Waals surface area contributed by atoms with Crippen molar-refractivity contribution in [3.05, 3.63) is 21.3 Å². The summed E-state index contributed by atoms with van der Waals surface area (Å²) in [6, 6.07) is 2.53. The first-order chi connectivity index (χ1) is 9.28. The molecule has 4 unspecified atom stereocenters. The van der Waals surface area contributed by atoms with Gasteiger partial charge in [-0.25, -0.2) is 0 Å². The van der Waals surface area contributed by atoms with E-state index in [2.05, 4.69) is 17.6 Å². The fraction of sp³-hybridized carbons (Fsp3) is 0.750. The number of rotatable bonds is 6. The molecule has 2 bridgehead atoms. The summed E-state index contributed by atoms with van der Waals surface area (Å²) in [5.74, 6) is 2.99. The molecule has 0 radical (unpaired) electrons. The van der Waals surface area contributed by atoms with Crippen molar-refractivity contribution < 1.29 is 0 Å². The molecule has 0 aromatic carbocycles. The molecule has 4 atom stereocenters. The van der Waals surface area contributed by atoms with Gasteiger partial charge >= 0.3 is 0 Å². The van der Waals surface area contributed by atoms with Gasteiger partial charge in [-0.05, 0) is 67.8 Å². The van der Waals surface area contributed by atoms with E-state index in [-0.39, 0.29) is 0 Å². The molecule has 0 saturated heterocycles. The molecule has 0 aliphatic heterocycles. The van der Waals surface area contributed by atoms with Crippen molar-refractivity contribution in [3.63, 3.8) is 0 Å².